The van der Waals surface area contributed by atoms with E-state index < -0.39 is 17.7 Å². The van der Waals surface area contributed by atoms with E-state index in [1.54, 1.807) is 24.3 Å². The van der Waals surface area contributed by atoms with Gasteiger partial charge in [-0.05, 0) is 23.8 Å². The van der Waals surface area contributed by atoms with Crippen LogP contribution in [0.25, 0.3) is 0 Å². The second-order valence-electron chi connectivity index (χ2n) is 3.71. The van der Waals surface area contributed by atoms with Crippen LogP contribution in [0.3, 0.4) is 0 Å². The molecule has 0 saturated carbocycles. The van der Waals surface area contributed by atoms with Gasteiger partial charge in [0.25, 0.3) is 0 Å². The van der Waals surface area contributed by atoms with Crippen LogP contribution in [0, 0.1) is 11.6 Å². The molecule has 1 atom stereocenters. The zero-order chi connectivity index (χ0) is 12.4. The summed E-state index contributed by atoms with van der Waals surface area (Å²) in [4.78, 5) is 0. The highest BCUT2D eigenvalue weighted by molar-refractivity contribution is 5.42. The summed E-state index contributed by atoms with van der Waals surface area (Å²) >= 11 is 0. The van der Waals surface area contributed by atoms with Crippen LogP contribution >= 0.6 is 0 Å². The molecule has 3 N–H and O–H groups in total. The molecule has 0 saturated heterocycles. The second kappa shape index (κ2) is 4.51. The standard InChI is InChI=1S/C13H11F2NO/c14-11-3-1-2-10(12(11)15)13(17)8-4-6-9(16)7-5-8/h1-7,13,17H,16H2. The van der Waals surface area contributed by atoms with Gasteiger partial charge in [-0.25, -0.2) is 8.78 Å². The van der Waals surface area contributed by atoms with Crippen LogP contribution in [-0.2, 0) is 0 Å². The summed E-state index contributed by atoms with van der Waals surface area (Å²) in [6.07, 6.45) is -1.20. The molecule has 0 fully saturated rings. The Kier molecular flexibility index (Phi) is 3.06. The molecule has 0 bridgehead atoms. The van der Waals surface area contributed by atoms with Gasteiger partial charge in [0.2, 0.25) is 0 Å². The number of hydrogen-bond acceptors (Lipinski definition) is 2. The molecular formula is C13H11F2NO. The first-order chi connectivity index (χ1) is 8.09. The molecule has 0 aliphatic rings. The van der Waals surface area contributed by atoms with Crippen molar-refractivity contribution in [2.45, 2.75) is 6.10 Å². The van der Waals surface area contributed by atoms with Gasteiger partial charge in [-0.1, -0.05) is 24.3 Å². The SMILES string of the molecule is Nc1ccc(C(O)c2cccc(F)c2F)cc1. The lowest BCUT2D eigenvalue weighted by Gasteiger charge is -2.12. The lowest BCUT2D eigenvalue weighted by molar-refractivity contribution is 0.213. The van der Waals surface area contributed by atoms with Gasteiger partial charge in [0.1, 0.15) is 6.10 Å². The lowest BCUT2D eigenvalue weighted by atomic mass is 10.0. The highest BCUT2D eigenvalue weighted by atomic mass is 19.2. The van der Waals surface area contributed by atoms with Crippen LogP contribution in [0.15, 0.2) is 42.5 Å². The summed E-state index contributed by atoms with van der Waals surface area (Å²) in [7, 11) is 0. The largest absolute Gasteiger partial charge is 0.399 e. The van der Waals surface area contributed by atoms with E-state index in [0.29, 0.717) is 11.3 Å². The normalized spacial score (nSPS) is 12.4. The van der Waals surface area contributed by atoms with Crippen LogP contribution < -0.4 is 5.73 Å². The van der Waals surface area contributed by atoms with Crippen molar-refractivity contribution < 1.29 is 13.9 Å². The molecule has 0 aliphatic carbocycles. The third-order valence-corrected chi connectivity index (χ3v) is 2.53. The van der Waals surface area contributed by atoms with Crippen molar-refractivity contribution in [3.8, 4) is 0 Å². The van der Waals surface area contributed by atoms with Crippen molar-refractivity contribution in [1.82, 2.24) is 0 Å². The van der Waals surface area contributed by atoms with Gasteiger partial charge in [-0.2, -0.15) is 0 Å². The zero-order valence-corrected chi connectivity index (χ0v) is 8.90. The number of hydrogen-bond donors (Lipinski definition) is 2. The Labute approximate surface area is 97.3 Å². The van der Waals surface area contributed by atoms with Crippen LogP contribution in [0.5, 0.6) is 0 Å². The first-order valence-electron chi connectivity index (χ1n) is 5.07. The summed E-state index contributed by atoms with van der Waals surface area (Å²) in [5.74, 6) is -2.01. The molecule has 88 valence electrons. The smallest absolute Gasteiger partial charge is 0.164 e. The van der Waals surface area contributed by atoms with Crippen LogP contribution in [0.4, 0.5) is 14.5 Å². The van der Waals surface area contributed by atoms with E-state index in [1.807, 2.05) is 0 Å². The van der Waals surface area contributed by atoms with E-state index in [4.69, 9.17) is 5.73 Å². The van der Waals surface area contributed by atoms with Gasteiger partial charge in [0.15, 0.2) is 11.6 Å². The maximum Gasteiger partial charge on any atom is 0.164 e. The molecule has 0 heterocycles. The van der Waals surface area contributed by atoms with Crippen molar-refractivity contribution in [1.29, 1.82) is 0 Å². The fourth-order valence-corrected chi connectivity index (χ4v) is 1.59. The average Bonchev–Trinajstić information content (AvgIpc) is 2.33. The molecule has 0 radical (unpaired) electrons. The third-order valence-electron chi connectivity index (χ3n) is 2.53. The Morgan fingerprint density at radius 3 is 2.29 bits per heavy atom. The summed E-state index contributed by atoms with van der Waals surface area (Å²) in [5, 5.41) is 9.94. The van der Waals surface area contributed by atoms with E-state index in [9.17, 15) is 13.9 Å². The Bertz CT molecular complexity index is 525. The highest BCUT2D eigenvalue weighted by Gasteiger charge is 2.17. The van der Waals surface area contributed by atoms with Gasteiger partial charge in [0.05, 0.1) is 0 Å². The molecule has 2 aromatic carbocycles. The number of aliphatic hydroxyl groups is 1. The van der Waals surface area contributed by atoms with Crippen molar-refractivity contribution >= 4 is 5.69 Å². The fourth-order valence-electron chi connectivity index (χ4n) is 1.59. The molecule has 4 heteroatoms. The number of anilines is 1. The van der Waals surface area contributed by atoms with E-state index in [-0.39, 0.29) is 5.56 Å². The highest BCUT2D eigenvalue weighted by Crippen LogP contribution is 2.25. The number of benzene rings is 2. The third kappa shape index (κ3) is 2.26. The predicted molar refractivity (Wildman–Crippen MR) is 61.3 cm³/mol. The number of nitrogen functional groups attached to an aromatic ring is 1. The maximum atomic E-state index is 13.5. The van der Waals surface area contributed by atoms with Gasteiger partial charge in [-0.15, -0.1) is 0 Å². The molecule has 17 heavy (non-hydrogen) atoms. The first-order valence-corrected chi connectivity index (χ1v) is 5.07. The number of nitrogens with two attached hydrogens (primary N) is 1. The van der Waals surface area contributed by atoms with E-state index in [2.05, 4.69) is 0 Å². The quantitative estimate of drug-likeness (QED) is 0.786. The lowest BCUT2D eigenvalue weighted by Crippen LogP contribution is -2.04. The number of halogens is 2. The van der Waals surface area contributed by atoms with Crippen LogP contribution in [0.2, 0.25) is 0 Å². The van der Waals surface area contributed by atoms with E-state index >= 15 is 0 Å². The van der Waals surface area contributed by atoms with Gasteiger partial charge < -0.3 is 10.8 Å². The zero-order valence-electron chi connectivity index (χ0n) is 8.90. The first kappa shape index (κ1) is 11.5. The fraction of sp³-hybridized carbons (Fsp3) is 0.0769. The Morgan fingerprint density at radius 2 is 1.65 bits per heavy atom. The Balaban J connectivity index is 2.40. The minimum absolute atomic E-state index is 0.0882. The van der Waals surface area contributed by atoms with Crippen LogP contribution in [0.1, 0.15) is 17.2 Å². The van der Waals surface area contributed by atoms with Crippen molar-refractivity contribution in [3.05, 3.63) is 65.2 Å². The van der Waals surface area contributed by atoms with Gasteiger partial charge in [-0.3, -0.25) is 0 Å². The van der Waals surface area contributed by atoms with E-state index in [0.717, 1.165) is 6.07 Å². The Morgan fingerprint density at radius 1 is 1.00 bits per heavy atom. The van der Waals surface area contributed by atoms with Crippen molar-refractivity contribution in [2.75, 3.05) is 5.73 Å². The average molecular weight is 235 g/mol. The molecule has 0 amide bonds. The maximum absolute atomic E-state index is 13.5. The summed E-state index contributed by atoms with van der Waals surface area (Å²) < 4.78 is 26.5. The molecule has 0 spiro atoms. The van der Waals surface area contributed by atoms with Gasteiger partial charge >= 0.3 is 0 Å². The molecule has 2 nitrogen and oxygen atoms in total. The summed E-state index contributed by atoms with van der Waals surface area (Å²) in [5.41, 5.74) is 6.42. The monoisotopic (exact) mass is 235 g/mol. The van der Waals surface area contributed by atoms with Gasteiger partial charge in [0, 0.05) is 11.3 Å². The second-order valence-corrected chi connectivity index (χ2v) is 3.71. The Hall–Kier alpha value is -1.94. The number of rotatable bonds is 2. The topological polar surface area (TPSA) is 46.2 Å². The molecule has 0 aromatic heterocycles. The minimum atomic E-state index is -1.20. The van der Waals surface area contributed by atoms with Crippen molar-refractivity contribution in [2.24, 2.45) is 0 Å². The van der Waals surface area contributed by atoms with Crippen LogP contribution in [-0.4, -0.2) is 5.11 Å². The molecule has 2 aromatic rings. The van der Waals surface area contributed by atoms with E-state index in [1.165, 1.54) is 12.1 Å². The number of aliphatic hydroxyl groups excluding tert-OH is 1. The minimum Gasteiger partial charge on any atom is -0.399 e. The summed E-state index contributed by atoms with van der Waals surface area (Å²) in [6, 6.07) is 10.0. The van der Waals surface area contributed by atoms with Crippen molar-refractivity contribution in [3.63, 3.8) is 0 Å². The molecule has 0 aliphatic heterocycles. The summed E-state index contributed by atoms with van der Waals surface area (Å²) in [6.45, 7) is 0. The molecular weight excluding hydrogens is 224 g/mol. The predicted octanol–water partition coefficient (Wildman–Crippen LogP) is 2.63. The molecule has 2 rings (SSSR count). The molecule has 1 unspecified atom stereocenters.